The maximum atomic E-state index is 7.86. The first-order chi connectivity index (χ1) is 7.81. The number of benzene rings is 2. The molecule has 0 aliphatic heterocycles. The smallest absolute Gasteiger partial charge is 0.144 e. The van der Waals surface area contributed by atoms with E-state index >= 15 is 0 Å². The van der Waals surface area contributed by atoms with Crippen LogP contribution in [0.1, 0.15) is 19.8 Å². The van der Waals surface area contributed by atoms with Gasteiger partial charge in [-0.1, -0.05) is 37.6 Å². The molecule has 0 atom stereocenters. The lowest BCUT2D eigenvalue weighted by atomic mass is 10.1. The normalized spacial score (nSPS) is 10.6. The fraction of sp³-hybridized carbons (Fsp3) is 0.286. The summed E-state index contributed by atoms with van der Waals surface area (Å²) in [5.74, 6) is 0.687. The molecule has 1 radical (unpaired) electrons. The molecule has 16 heavy (non-hydrogen) atoms. The lowest BCUT2D eigenvalue weighted by molar-refractivity contribution is 0.310. The molecule has 0 aliphatic carbocycles. The van der Waals surface area contributed by atoms with Crippen LogP contribution in [0.15, 0.2) is 36.4 Å². The zero-order valence-corrected chi connectivity index (χ0v) is 9.49. The zero-order valence-electron chi connectivity index (χ0n) is 9.49. The molecular formula is C14H16NO. The van der Waals surface area contributed by atoms with Crippen molar-refractivity contribution in [2.45, 2.75) is 19.8 Å². The molecule has 2 heteroatoms. The highest BCUT2D eigenvalue weighted by molar-refractivity contribution is 5.87. The largest absolute Gasteiger partial charge is 0.491 e. The second kappa shape index (κ2) is 4.88. The van der Waals surface area contributed by atoms with Gasteiger partial charge in [0.2, 0.25) is 0 Å². The van der Waals surface area contributed by atoms with Gasteiger partial charge >= 0.3 is 0 Å². The van der Waals surface area contributed by atoms with Crippen molar-refractivity contribution >= 4 is 16.5 Å². The van der Waals surface area contributed by atoms with Crippen LogP contribution in [0, 0.1) is 0 Å². The van der Waals surface area contributed by atoms with Crippen LogP contribution in [0.25, 0.3) is 10.8 Å². The Labute approximate surface area is 96.0 Å². The number of hydrogen-bond donors (Lipinski definition) is 0. The number of unbranched alkanes of at least 4 members (excludes halogenated alkanes) is 1. The minimum Gasteiger partial charge on any atom is -0.491 e. The number of hydrogen-bond acceptors (Lipinski definition) is 1. The minimum atomic E-state index is 0.467. The predicted molar refractivity (Wildman–Crippen MR) is 67.1 cm³/mol. The number of ether oxygens (including phenoxy) is 1. The molecule has 0 saturated heterocycles. The van der Waals surface area contributed by atoms with Crippen LogP contribution in [0.5, 0.6) is 5.75 Å². The van der Waals surface area contributed by atoms with E-state index in [0.717, 1.165) is 23.6 Å². The van der Waals surface area contributed by atoms with Gasteiger partial charge in [0.1, 0.15) is 5.75 Å². The fourth-order valence-corrected chi connectivity index (χ4v) is 1.67. The van der Waals surface area contributed by atoms with Crippen molar-refractivity contribution in [3.63, 3.8) is 0 Å². The Hall–Kier alpha value is -1.70. The van der Waals surface area contributed by atoms with Gasteiger partial charge in [-0.2, -0.15) is 0 Å². The predicted octanol–water partition coefficient (Wildman–Crippen LogP) is 3.93. The molecule has 0 unspecified atom stereocenters. The lowest BCUT2D eigenvalue weighted by Gasteiger charge is -2.09. The summed E-state index contributed by atoms with van der Waals surface area (Å²) in [5, 5.41) is 2.22. The Morgan fingerprint density at radius 3 is 2.50 bits per heavy atom. The summed E-state index contributed by atoms with van der Waals surface area (Å²) in [6.07, 6.45) is 2.15. The third-order valence-corrected chi connectivity index (χ3v) is 2.60. The molecule has 0 bridgehead atoms. The topological polar surface area (TPSA) is 33.0 Å². The first-order valence-electron chi connectivity index (χ1n) is 5.68. The maximum absolute atomic E-state index is 7.86. The second-order valence-electron chi connectivity index (χ2n) is 3.90. The average Bonchev–Trinajstić information content (AvgIpc) is 2.30. The third-order valence-electron chi connectivity index (χ3n) is 2.60. The summed E-state index contributed by atoms with van der Waals surface area (Å²) < 4.78 is 5.60. The van der Waals surface area contributed by atoms with Gasteiger partial charge in [0.15, 0.2) is 0 Å². The van der Waals surface area contributed by atoms with Gasteiger partial charge in [-0.05, 0) is 29.3 Å². The highest BCUT2D eigenvalue weighted by atomic mass is 16.5. The average molecular weight is 214 g/mol. The second-order valence-corrected chi connectivity index (χ2v) is 3.90. The lowest BCUT2D eigenvalue weighted by Crippen LogP contribution is -1.97. The third kappa shape index (κ3) is 2.27. The number of rotatable bonds is 4. The Bertz CT molecular complexity index is 479. The molecule has 0 amide bonds. The van der Waals surface area contributed by atoms with Gasteiger partial charge in [-0.15, -0.1) is 0 Å². The molecule has 0 fully saturated rings. The molecule has 0 saturated carbocycles. The van der Waals surface area contributed by atoms with E-state index in [0.29, 0.717) is 18.0 Å². The van der Waals surface area contributed by atoms with Gasteiger partial charge in [-0.3, -0.25) is 5.73 Å². The molecule has 1 N–H and O–H groups in total. The Kier molecular flexibility index (Phi) is 3.30. The van der Waals surface area contributed by atoms with E-state index in [1.807, 2.05) is 36.4 Å². The highest BCUT2D eigenvalue weighted by Crippen LogP contribution is 2.29. The first kappa shape index (κ1) is 10.8. The fourth-order valence-electron chi connectivity index (χ4n) is 1.67. The summed E-state index contributed by atoms with van der Waals surface area (Å²) in [4.78, 5) is 0. The van der Waals surface area contributed by atoms with E-state index in [1.54, 1.807) is 0 Å². The van der Waals surface area contributed by atoms with Crippen LogP contribution < -0.4 is 10.5 Å². The van der Waals surface area contributed by atoms with Crippen molar-refractivity contribution in [1.82, 2.24) is 5.73 Å². The van der Waals surface area contributed by atoms with E-state index in [2.05, 4.69) is 6.92 Å². The van der Waals surface area contributed by atoms with Crippen molar-refractivity contribution in [1.29, 1.82) is 0 Å². The van der Waals surface area contributed by atoms with E-state index in [4.69, 9.17) is 10.5 Å². The van der Waals surface area contributed by atoms with Crippen molar-refractivity contribution in [2.75, 3.05) is 6.61 Å². The van der Waals surface area contributed by atoms with Crippen molar-refractivity contribution in [3.05, 3.63) is 36.4 Å². The van der Waals surface area contributed by atoms with Gasteiger partial charge in [0.05, 0.1) is 12.3 Å². The SMILES string of the molecule is CCCCOc1cc2ccccc2cc1[NH]. The van der Waals surface area contributed by atoms with Crippen LogP contribution in [-0.4, -0.2) is 6.61 Å². The summed E-state index contributed by atoms with van der Waals surface area (Å²) in [5.41, 5.74) is 8.33. The molecule has 0 spiro atoms. The van der Waals surface area contributed by atoms with Crippen LogP contribution in [0.2, 0.25) is 0 Å². The van der Waals surface area contributed by atoms with Gasteiger partial charge < -0.3 is 4.74 Å². The highest BCUT2D eigenvalue weighted by Gasteiger charge is 2.03. The Morgan fingerprint density at radius 1 is 1.12 bits per heavy atom. The molecule has 0 heterocycles. The van der Waals surface area contributed by atoms with Crippen LogP contribution in [0.4, 0.5) is 5.69 Å². The summed E-state index contributed by atoms with van der Waals surface area (Å²) in [6, 6.07) is 11.9. The van der Waals surface area contributed by atoms with E-state index in [-0.39, 0.29) is 0 Å². The van der Waals surface area contributed by atoms with Gasteiger partial charge in [0.25, 0.3) is 0 Å². The van der Waals surface area contributed by atoms with Crippen LogP contribution in [-0.2, 0) is 0 Å². The van der Waals surface area contributed by atoms with Crippen LogP contribution >= 0.6 is 0 Å². The maximum Gasteiger partial charge on any atom is 0.144 e. The molecule has 0 aromatic heterocycles. The first-order valence-corrected chi connectivity index (χ1v) is 5.68. The zero-order chi connectivity index (χ0) is 11.4. The molecular weight excluding hydrogens is 198 g/mol. The van der Waals surface area contributed by atoms with E-state index in [1.165, 1.54) is 0 Å². The Balaban J connectivity index is 2.27. The molecule has 0 aliphatic rings. The summed E-state index contributed by atoms with van der Waals surface area (Å²) >= 11 is 0. The van der Waals surface area contributed by atoms with E-state index < -0.39 is 0 Å². The Morgan fingerprint density at radius 2 is 1.81 bits per heavy atom. The van der Waals surface area contributed by atoms with E-state index in [9.17, 15) is 0 Å². The minimum absolute atomic E-state index is 0.467. The molecule has 2 aromatic carbocycles. The van der Waals surface area contributed by atoms with Gasteiger partial charge in [0, 0.05) is 0 Å². The quantitative estimate of drug-likeness (QED) is 0.710. The molecule has 2 nitrogen and oxygen atoms in total. The van der Waals surface area contributed by atoms with Crippen molar-refractivity contribution in [2.24, 2.45) is 0 Å². The van der Waals surface area contributed by atoms with Crippen molar-refractivity contribution < 1.29 is 4.74 Å². The van der Waals surface area contributed by atoms with Gasteiger partial charge in [-0.25, -0.2) is 0 Å². The molecule has 2 rings (SSSR count). The number of nitrogens with one attached hydrogen (secondary N) is 1. The number of fused-ring (bicyclic) bond motifs is 1. The summed E-state index contributed by atoms with van der Waals surface area (Å²) in [6.45, 7) is 2.83. The van der Waals surface area contributed by atoms with Crippen LogP contribution in [0.3, 0.4) is 0 Å². The molecule has 83 valence electrons. The van der Waals surface area contributed by atoms with Crippen molar-refractivity contribution in [3.8, 4) is 5.75 Å². The standard InChI is InChI=1S/C14H16NO/c1-2-3-8-16-14-10-12-7-5-4-6-11(12)9-13(14)15/h4-7,9-10,15H,2-3,8H2,1H3. The monoisotopic (exact) mass is 214 g/mol. The molecule has 2 aromatic rings. The summed E-state index contributed by atoms with van der Waals surface area (Å²) in [7, 11) is 0.